The van der Waals surface area contributed by atoms with Crippen molar-refractivity contribution in [3.8, 4) is 0 Å². The maximum atomic E-state index is 11.1. The second-order valence-electron chi connectivity index (χ2n) is 3.20. The van der Waals surface area contributed by atoms with Gasteiger partial charge in [0, 0.05) is 12.3 Å². The van der Waals surface area contributed by atoms with Crippen molar-refractivity contribution in [1.29, 1.82) is 0 Å². The number of oxime groups is 1. The van der Waals surface area contributed by atoms with Crippen LogP contribution in [0.2, 0.25) is 0 Å². The lowest BCUT2D eigenvalue weighted by molar-refractivity contribution is -0.115. The molecular formula is C12H20N2O2. The summed E-state index contributed by atoms with van der Waals surface area (Å²) in [4.78, 5) is 15.6. The molecule has 1 amide bonds. The highest BCUT2D eigenvalue weighted by molar-refractivity contribution is 5.92. The summed E-state index contributed by atoms with van der Waals surface area (Å²) in [6, 6.07) is 0. The van der Waals surface area contributed by atoms with Crippen LogP contribution in [0.25, 0.3) is 0 Å². The molecule has 0 spiro atoms. The van der Waals surface area contributed by atoms with Crippen LogP contribution >= 0.6 is 0 Å². The predicted octanol–water partition coefficient (Wildman–Crippen LogP) is 2.39. The Bertz CT molecular complexity index is 258. The monoisotopic (exact) mass is 224 g/mol. The van der Waals surface area contributed by atoms with Crippen molar-refractivity contribution in [2.75, 3.05) is 7.11 Å². The van der Waals surface area contributed by atoms with Crippen LogP contribution in [0.3, 0.4) is 0 Å². The van der Waals surface area contributed by atoms with Crippen LogP contribution in [-0.2, 0) is 9.63 Å². The van der Waals surface area contributed by atoms with Crippen molar-refractivity contribution in [1.82, 2.24) is 5.32 Å². The predicted molar refractivity (Wildman–Crippen MR) is 66.1 cm³/mol. The molecule has 0 atom stereocenters. The summed E-state index contributed by atoms with van der Waals surface area (Å²) in [5.74, 6) is -0.172. The molecule has 0 aromatic carbocycles. The quantitative estimate of drug-likeness (QED) is 0.298. The Labute approximate surface area is 97.0 Å². The van der Waals surface area contributed by atoms with E-state index >= 15 is 0 Å². The molecular weight excluding hydrogens is 204 g/mol. The minimum Gasteiger partial charge on any atom is -0.399 e. The van der Waals surface area contributed by atoms with Gasteiger partial charge in [-0.2, -0.15) is 0 Å². The lowest BCUT2D eigenvalue weighted by Gasteiger charge is -1.93. The van der Waals surface area contributed by atoms with Crippen LogP contribution in [-0.4, -0.2) is 19.2 Å². The molecule has 0 fully saturated rings. The Hall–Kier alpha value is -1.58. The third kappa shape index (κ3) is 10.5. The van der Waals surface area contributed by atoms with E-state index in [-0.39, 0.29) is 5.91 Å². The molecule has 0 aliphatic heterocycles. The van der Waals surface area contributed by atoms with E-state index in [1.54, 1.807) is 6.20 Å². The maximum Gasteiger partial charge on any atom is 0.247 e. The average molecular weight is 224 g/mol. The summed E-state index contributed by atoms with van der Waals surface area (Å²) in [5, 5.41) is 6.09. The van der Waals surface area contributed by atoms with Crippen LogP contribution in [0, 0.1) is 0 Å². The number of unbranched alkanes of at least 4 members (excludes halogenated alkanes) is 3. The van der Waals surface area contributed by atoms with E-state index in [4.69, 9.17) is 0 Å². The highest BCUT2D eigenvalue weighted by atomic mass is 16.6. The fraction of sp³-hybridized carbons (Fsp3) is 0.500. The first-order chi connectivity index (χ1) is 7.81. The van der Waals surface area contributed by atoms with Gasteiger partial charge in [-0.1, -0.05) is 31.0 Å². The molecule has 0 saturated heterocycles. The van der Waals surface area contributed by atoms with E-state index in [9.17, 15) is 4.79 Å². The fourth-order valence-corrected chi connectivity index (χ4v) is 1.01. The number of carbonyl (C=O) groups is 1. The Morgan fingerprint density at radius 1 is 1.44 bits per heavy atom. The number of hydrogen-bond acceptors (Lipinski definition) is 3. The summed E-state index contributed by atoms with van der Waals surface area (Å²) < 4.78 is 0. The van der Waals surface area contributed by atoms with Gasteiger partial charge >= 0.3 is 0 Å². The molecule has 4 nitrogen and oxygen atoms in total. The van der Waals surface area contributed by atoms with Gasteiger partial charge in [0.25, 0.3) is 0 Å². The number of nitrogens with one attached hydrogen (secondary N) is 1. The van der Waals surface area contributed by atoms with Crippen LogP contribution < -0.4 is 5.32 Å². The Morgan fingerprint density at radius 2 is 2.25 bits per heavy atom. The van der Waals surface area contributed by atoms with E-state index in [2.05, 4.69) is 22.2 Å². The number of amides is 1. The van der Waals surface area contributed by atoms with E-state index in [0.29, 0.717) is 0 Å². The first-order valence-electron chi connectivity index (χ1n) is 5.50. The molecule has 0 radical (unpaired) electrons. The van der Waals surface area contributed by atoms with Crippen LogP contribution in [0.15, 0.2) is 29.6 Å². The van der Waals surface area contributed by atoms with Crippen LogP contribution in [0.5, 0.6) is 0 Å². The van der Waals surface area contributed by atoms with Gasteiger partial charge in [0.15, 0.2) is 0 Å². The number of rotatable bonds is 8. The van der Waals surface area contributed by atoms with E-state index in [0.717, 1.165) is 6.42 Å². The summed E-state index contributed by atoms with van der Waals surface area (Å²) in [7, 11) is 1.45. The molecule has 0 heterocycles. The summed E-state index contributed by atoms with van der Waals surface area (Å²) in [6.45, 7) is 2.16. The van der Waals surface area contributed by atoms with Crippen molar-refractivity contribution in [3.05, 3.63) is 24.4 Å². The zero-order chi connectivity index (χ0) is 12.1. The Kier molecular flexibility index (Phi) is 10.4. The molecule has 0 rings (SSSR count). The lowest BCUT2D eigenvalue weighted by atomic mass is 10.2. The number of hydrogen-bond donors (Lipinski definition) is 1. The van der Waals surface area contributed by atoms with Gasteiger partial charge in [0.2, 0.25) is 5.91 Å². The van der Waals surface area contributed by atoms with Crippen LogP contribution in [0.4, 0.5) is 0 Å². The fourth-order valence-electron chi connectivity index (χ4n) is 1.01. The van der Waals surface area contributed by atoms with Gasteiger partial charge < -0.3 is 10.2 Å². The Balaban J connectivity index is 3.56. The number of allylic oxidation sites excluding steroid dienone is 2. The third-order valence-electron chi connectivity index (χ3n) is 1.82. The summed E-state index contributed by atoms with van der Waals surface area (Å²) in [5.41, 5.74) is 0. The second kappa shape index (κ2) is 11.5. The van der Waals surface area contributed by atoms with E-state index in [1.165, 1.54) is 44.7 Å². The molecule has 0 bridgehead atoms. The molecule has 0 unspecified atom stereocenters. The van der Waals surface area contributed by atoms with E-state index < -0.39 is 0 Å². The van der Waals surface area contributed by atoms with Crippen molar-refractivity contribution in [3.63, 3.8) is 0 Å². The first kappa shape index (κ1) is 14.4. The molecule has 16 heavy (non-hydrogen) atoms. The minimum atomic E-state index is -0.172. The zero-order valence-electron chi connectivity index (χ0n) is 9.98. The molecule has 0 saturated carbocycles. The normalized spacial score (nSPS) is 11.6. The molecule has 0 aliphatic rings. The highest BCUT2D eigenvalue weighted by Crippen LogP contribution is 1.98. The van der Waals surface area contributed by atoms with Crippen molar-refractivity contribution < 1.29 is 9.63 Å². The summed E-state index contributed by atoms with van der Waals surface area (Å²) >= 11 is 0. The van der Waals surface area contributed by atoms with E-state index in [1.807, 2.05) is 6.08 Å². The standard InChI is InChI=1S/C12H20N2O2/c1-3-4-5-6-7-10-13-12(15)9-8-11-14-16-2/h7-11H,3-6H2,1-2H3,(H,13,15)/b9-8-,10-7+,14-11+. The van der Waals surface area contributed by atoms with Crippen LogP contribution in [0.1, 0.15) is 32.6 Å². The lowest BCUT2D eigenvalue weighted by Crippen LogP contribution is -2.13. The molecule has 1 N–H and O–H groups in total. The van der Waals surface area contributed by atoms with Gasteiger partial charge in [0.05, 0.1) is 6.21 Å². The largest absolute Gasteiger partial charge is 0.399 e. The van der Waals surface area contributed by atoms with Gasteiger partial charge in [-0.05, 0) is 18.9 Å². The molecule has 90 valence electrons. The zero-order valence-corrected chi connectivity index (χ0v) is 9.98. The SMILES string of the molecule is CCCCC/C=C/NC(=O)/C=C\C=N\OC. The summed E-state index contributed by atoms with van der Waals surface area (Å²) in [6.07, 6.45) is 12.6. The third-order valence-corrected chi connectivity index (χ3v) is 1.82. The number of carbonyl (C=O) groups excluding carboxylic acids is 1. The van der Waals surface area contributed by atoms with Gasteiger partial charge in [-0.3, -0.25) is 4.79 Å². The second-order valence-corrected chi connectivity index (χ2v) is 3.20. The molecule has 4 heteroatoms. The molecule has 0 aromatic heterocycles. The topological polar surface area (TPSA) is 50.7 Å². The maximum absolute atomic E-state index is 11.1. The van der Waals surface area contributed by atoms with Gasteiger partial charge in [0.1, 0.15) is 7.11 Å². The van der Waals surface area contributed by atoms with Crippen molar-refractivity contribution in [2.45, 2.75) is 32.6 Å². The van der Waals surface area contributed by atoms with Gasteiger partial charge in [-0.25, -0.2) is 0 Å². The minimum absolute atomic E-state index is 0.172. The molecule has 0 aliphatic carbocycles. The Morgan fingerprint density at radius 3 is 2.94 bits per heavy atom. The van der Waals surface area contributed by atoms with Crippen molar-refractivity contribution in [2.24, 2.45) is 5.16 Å². The van der Waals surface area contributed by atoms with Gasteiger partial charge in [-0.15, -0.1) is 0 Å². The smallest absolute Gasteiger partial charge is 0.247 e. The highest BCUT2D eigenvalue weighted by Gasteiger charge is 1.88. The first-order valence-corrected chi connectivity index (χ1v) is 5.50. The molecule has 0 aromatic rings. The van der Waals surface area contributed by atoms with Crippen molar-refractivity contribution >= 4 is 12.1 Å². The number of nitrogens with zero attached hydrogens (tertiary/aromatic N) is 1. The average Bonchev–Trinajstić information content (AvgIpc) is 2.29.